The second-order valence-corrected chi connectivity index (χ2v) is 8.35. The second-order valence-electron chi connectivity index (χ2n) is 8.35. The quantitative estimate of drug-likeness (QED) is 0.732. The van der Waals surface area contributed by atoms with Crippen molar-refractivity contribution in [2.75, 3.05) is 19.6 Å². The molecular weight excluding hydrogens is 338 g/mol. The molecule has 0 radical (unpaired) electrons. The number of nitrogens with one attached hydrogen (secondary N) is 2. The van der Waals surface area contributed by atoms with E-state index < -0.39 is 5.60 Å². The van der Waals surface area contributed by atoms with Gasteiger partial charge in [-0.1, -0.05) is 31.4 Å². The van der Waals surface area contributed by atoms with Crippen molar-refractivity contribution in [3.63, 3.8) is 0 Å². The van der Waals surface area contributed by atoms with Crippen LogP contribution in [0.3, 0.4) is 0 Å². The van der Waals surface area contributed by atoms with E-state index in [0.717, 1.165) is 25.0 Å². The summed E-state index contributed by atoms with van der Waals surface area (Å²) < 4.78 is 0. The van der Waals surface area contributed by atoms with Gasteiger partial charge in [0.05, 0.1) is 0 Å². The van der Waals surface area contributed by atoms with Crippen molar-refractivity contribution >= 4 is 16.8 Å². The molecule has 1 saturated heterocycles. The number of carbonyl (C=O) groups excluding carboxylic acids is 1. The van der Waals surface area contributed by atoms with Gasteiger partial charge >= 0.3 is 0 Å². The molecular formula is C22H31N3O2. The van der Waals surface area contributed by atoms with Gasteiger partial charge in [-0.2, -0.15) is 0 Å². The van der Waals surface area contributed by atoms with Gasteiger partial charge in [0, 0.05) is 43.3 Å². The number of H-pyrrole nitrogens is 1. The predicted molar refractivity (Wildman–Crippen MR) is 107 cm³/mol. The SMILES string of the molecule is O=C1N(CC2CCCCC2)CCCC1(O)CNCc1cccc2[nH]ccc12. The normalized spacial score (nSPS) is 24.6. The molecule has 1 aromatic heterocycles. The van der Waals surface area contributed by atoms with Crippen LogP contribution in [0.2, 0.25) is 0 Å². The summed E-state index contributed by atoms with van der Waals surface area (Å²) in [6.07, 6.45) is 9.70. The van der Waals surface area contributed by atoms with Crippen LogP contribution in [0.25, 0.3) is 10.9 Å². The van der Waals surface area contributed by atoms with Crippen molar-refractivity contribution in [2.24, 2.45) is 5.92 Å². The Morgan fingerprint density at radius 3 is 2.89 bits per heavy atom. The van der Waals surface area contributed by atoms with Gasteiger partial charge in [0.1, 0.15) is 0 Å². The molecule has 146 valence electrons. The lowest BCUT2D eigenvalue weighted by Gasteiger charge is -2.40. The maximum atomic E-state index is 13.0. The van der Waals surface area contributed by atoms with Gasteiger partial charge in [-0.05, 0) is 49.3 Å². The molecule has 2 aliphatic rings. The summed E-state index contributed by atoms with van der Waals surface area (Å²) in [5, 5.41) is 15.6. The lowest BCUT2D eigenvalue weighted by molar-refractivity contribution is -0.157. The molecule has 1 aromatic carbocycles. The Hall–Kier alpha value is -1.85. The molecule has 0 spiro atoms. The number of rotatable bonds is 6. The standard InChI is InChI=1S/C22H31N3O2/c26-21-22(27,11-5-13-25(21)15-17-6-2-1-3-7-17)16-23-14-18-8-4-9-20-19(18)10-12-24-20/h4,8-10,12,17,23-24,27H,1-3,5-7,11,13-16H2. The summed E-state index contributed by atoms with van der Waals surface area (Å²) in [6, 6.07) is 8.24. The average molecular weight is 370 g/mol. The first-order valence-electron chi connectivity index (χ1n) is 10.4. The van der Waals surface area contributed by atoms with Crippen LogP contribution >= 0.6 is 0 Å². The fraction of sp³-hybridized carbons (Fsp3) is 0.591. The second kappa shape index (κ2) is 8.03. The van der Waals surface area contributed by atoms with Gasteiger partial charge in [0.25, 0.3) is 5.91 Å². The Bertz CT molecular complexity index is 781. The zero-order chi connectivity index (χ0) is 18.7. The van der Waals surface area contributed by atoms with E-state index in [1.54, 1.807) is 0 Å². The molecule has 1 aliphatic heterocycles. The lowest BCUT2D eigenvalue weighted by atomic mass is 9.86. The van der Waals surface area contributed by atoms with Crippen LogP contribution in [0.5, 0.6) is 0 Å². The van der Waals surface area contributed by atoms with Crippen LogP contribution in [0, 0.1) is 5.92 Å². The number of likely N-dealkylation sites (tertiary alicyclic amines) is 1. The predicted octanol–water partition coefficient (Wildman–Crippen LogP) is 3.19. The molecule has 1 saturated carbocycles. The van der Waals surface area contributed by atoms with E-state index in [4.69, 9.17) is 0 Å². The van der Waals surface area contributed by atoms with Gasteiger partial charge in [-0.3, -0.25) is 4.79 Å². The van der Waals surface area contributed by atoms with E-state index in [1.165, 1.54) is 43.1 Å². The number of benzene rings is 1. The maximum absolute atomic E-state index is 13.0. The lowest BCUT2D eigenvalue weighted by Crippen LogP contribution is -2.58. The Kier molecular flexibility index (Phi) is 5.50. The van der Waals surface area contributed by atoms with Crippen molar-refractivity contribution in [1.29, 1.82) is 0 Å². The van der Waals surface area contributed by atoms with E-state index in [-0.39, 0.29) is 5.91 Å². The minimum atomic E-state index is -1.26. The van der Waals surface area contributed by atoms with Gasteiger partial charge in [-0.25, -0.2) is 0 Å². The molecule has 1 aliphatic carbocycles. The highest BCUT2D eigenvalue weighted by Gasteiger charge is 2.42. The number of hydrogen-bond donors (Lipinski definition) is 3. The minimum absolute atomic E-state index is 0.0772. The van der Waals surface area contributed by atoms with E-state index in [2.05, 4.69) is 28.5 Å². The zero-order valence-corrected chi connectivity index (χ0v) is 16.0. The molecule has 2 aromatic rings. The Labute approximate surface area is 161 Å². The number of carbonyl (C=O) groups is 1. The number of amides is 1. The molecule has 4 rings (SSSR count). The third kappa shape index (κ3) is 4.04. The first-order valence-corrected chi connectivity index (χ1v) is 10.4. The minimum Gasteiger partial charge on any atom is -0.379 e. The molecule has 0 bridgehead atoms. The monoisotopic (exact) mass is 369 g/mol. The highest BCUT2D eigenvalue weighted by atomic mass is 16.3. The number of fused-ring (bicyclic) bond motifs is 1. The van der Waals surface area contributed by atoms with Gasteiger partial charge in [0.15, 0.2) is 5.60 Å². The fourth-order valence-electron chi connectivity index (χ4n) is 4.79. The van der Waals surface area contributed by atoms with Crippen LogP contribution in [0.15, 0.2) is 30.5 Å². The fourth-order valence-corrected chi connectivity index (χ4v) is 4.79. The molecule has 1 atom stereocenters. The van der Waals surface area contributed by atoms with Crippen LogP contribution in [0.1, 0.15) is 50.5 Å². The maximum Gasteiger partial charge on any atom is 0.255 e. The molecule has 2 fully saturated rings. The van der Waals surface area contributed by atoms with Crippen molar-refractivity contribution in [1.82, 2.24) is 15.2 Å². The third-order valence-corrected chi connectivity index (χ3v) is 6.33. The Morgan fingerprint density at radius 2 is 2.04 bits per heavy atom. The highest BCUT2D eigenvalue weighted by Crippen LogP contribution is 2.28. The topological polar surface area (TPSA) is 68.4 Å². The van der Waals surface area contributed by atoms with Crippen molar-refractivity contribution in [2.45, 2.75) is 57.1 Å². The summed E-state index contributed by atoms with van der Waals surface area (Å²) >= 11 is 0. The number of nitrogens with zero attached hydrogens (tertiary/aromatic N) is 1. The molecule has 27 heavy (non-hydrogen) atoms. The molecule has 5 heteroatoms. The first kappa shape index (κ1) is 18.5. The highest BCUT2D eigenvalue weighted by molar-refractivity contribution is 5.86. The third-order valence-electron chi connectivity index (χ3n) is 6.33. The Morgan fingerprint density at radius 1 is 1.19 bits per heavy atom. The largest absolute Gasteiger partial charge is 0.379 e. The van der Waals surface area contributed by atoms with E-state index in [9.17, 15) is 9.90 Å². The summed E-state index contributed by atoms with van der Waals surface area (Å²) in [4.78, 5) is 18.1. The number of piperidine rings is 1. The molecule has 2 heterocycles. The van der Waals surface area contributed by atoms with Crippen LogP contribution in [-0.2, 0) is 11.3 Å². The molecule has 1 unspecified atom stereocenters. The van der Waals surface area contributed by atoms with Crippen LogP contribution in [-0.4, -0.2) is 46.1 Å². The van der Waals surface area contributed by atoms with Crippen molar-refractivity contribution < 1.29 is 9.90 Å². The number of aliphatic hydroxyl groups is 1. The van der Waals surface area contributed by atoms with Crippen molar-refractivity contribution in [3.05, 3.63) is 36.0 Å². The summed E-state index contributed by atoms with van der Waals surface area (Å²) in [7, 11) is 0. The summed E-state index contributed by atoms with van der Waals surface area (Å²) in [6.45, 7) is 2.57. The van der Waals surface area contributed by atoms with Crippen LogP contribution in [0.4, 0.5) is 0 Å². The van der Waals surface area contributed by atoms with E-state index in [0.29, 0.717) is 25.4 Å². The van der Waals surface area contributed by atoms with Gasteiger partial charge in [-0.15, -0.1) is 0 Å². The molecule has 3 N–H and O–H groups in total. The first-order chi connectivity index (χ1) is 13.2. The Balaban J connectivity index is 1.35. The smallest absolute Gasteiger partial charge is 0.255 e. The zero-order valence-electron chi connectivity index (χ0n) is 16.0. The summed E-state index contributed by atoms with van der Waals surface area (Å²) in [5.41, 5.74) is 1.03. The number of hydrogen-bond acceptors (Lipinski definition) is 3. The number of aromatic amines is 1. The van der Waals surface area contributed by atoms with Gasteiger partial charge < -0.3 is 20.3 Å². The van der Waals surface area contributed by atoms with E-state index >= 15 is 0 Å². The van der Waals surface area contributed by atoms with Crippen LogP contribution < -0.4 is 5.32 Å². The molecule has 5 nitrogen and oxygen atoms in total. The molecule has 1 amide bonds. The average Bonchev–Trinajstić information content (AvgIpc) is 3.16. The van der Waals surface area contributed by atoms with Crippen molar-refractivity contribution in [3.8, 4) is 0 Å². The summed E-state index contributed by atoms with van der Waals surface area (Å²) in [5.74, 6) is 0.538. The van der Waals surface area contributed by atoms with E-state index in [1.807, 2.05) is 17.2 Å². The number of aromatic nitrogens is 1. The van der Waals surface area contributed by atoms with Gasteiger partial charge in [0.2, 0.25) is 0 Å².